The molecule has 0 aliphatic carbocycles. The molecule has 3 heteroatoms. The molecule has 1 N–H and O–H groups in total. The maximum Gasteiger partial charge on any atom is 0.122 e. The Kier molecular flexibility index (Phi) is 5.06. The third-order valence-electron chi connectivity index (χ3n) is 4.42. The average molecular weight is 277 g/mol. The fourth-order valence-corrected chi connectivity index (χ4v) is 2.95. The second-order valence-corrected chi connectivity index (χ2v) is 6.03. The van der Waals surface area contributed by atoms with Crippen molar-refractivity contribution >= 4 is 0 Å². The molecular weight excluding hydrogens is 250 g/mol. The first kappa shape index (κ1) is 15.3. The molecule has 1 aromatic rings. The monoisotopic (exact) mass is 277 g/mol. The molecule has 112 valence electrons. The van der Waals surface area contributed by atoms with Gasteiger partial charge >= 0.3 is 0 Å². The van der Waals surface area contributed by atoms with Gasteiger partial charge in [0.15, 0.2) is 0 Å². The van der Waals surface area contributed by atoms with Crippen molar-refractivity contribution in [2.75, 3.05) is 20.3 Å². The number of fused-ring (bicyclic) bond motifs is 1. The van der Waals surface area contributed by atoms with Crippen LogP contribution in [0.5, 0.6) is 5.75 Å². The molecule has 0 amide bonds. The molecule has 0 radical (unpaired) electrons. The number of methoxy groups -OCH3 is 1. The average Bonchev–Trinajstić information content (AvgIpc) is 2.47. The maximum absolute atomic E-state index is 5.76. The maximum atomic E-state index is 5.76. The van der Waals surface area contributed by atoms with Gasteiger partial charge in [0, 0.05) is 13.2 Å². The van der Waals surface area contributed by atoms with Crippen molar-refractivity contribution in [1.82, 2.24) is 5.32 Å². The number of para-hydroxylation sites is 1. The SMILES string of the molecule is CCNC(CC1CCOc2ccccc21)C(C)(C)OC. The summed E-state index contributed by atoms with van der Waals surface area (Å²) >= 11 is 0. The van der Waals surface area contributed by atoms with E-state index in [1.165, 1.54) is 5.56 Å². The molecule has 0 spiro atoms. The Bertz CT molecular complexity index is 431. The molecule has 2 rings (SSSR count). The molecule has 1 aromatic carbocycles. The Labute approximate surface area is 122 Å². The van der Waals surface area contributed by atoms with Gasteiger partial charge in [0.2, 0.25) is 0 Å². The van der Waals surface area contributed by atoms with Crippen LogP contribution in [-0.4, -0.2) is 31.9 Å². The molecule has 3 nitrogen and oxygen atoms in total. The van der Waals surface area contributed by atoms with Crippen molar-refractivity contribution in [2.45, 2.75) is 51.2 Å². The van der Waals surface area contributed by atoms with Gasteiger partial charge in [-0.3, -0.25) is 0 Å². The van der Waals surface area contributed by atoms with Crippen LogP contribution in [0.3, 0.4) is 0 Å². The minimum Gasteiger partial charge on any atom is -0.493 e. The molecule has 0 bridgehead atoms. The molecule has 1 aliphatic heterocycles. The van der Waals surface area contributed by atoms with E-state index < -0.39 is 0 Å². The third-order valence-corrected chi connectivity index (χ3v) is 4.42. The van der Waals surface area contributed by atoms with Crippen LogP contribution in [-0.2, 0) is 4.74 Å². The zero-order valence-corrected chi connectivity index (χ0v) is 13.1. The Morgan fingerprint density at radius 3 is 2.85 bits per heavy atom. The lowest BCUT2D eigenvalue weighted by atomic mass is 9.82. The van der Waals surface area contributed by atoms with Gasteiger partial charge in [-0.2, -0.15) is 0 Å². The summed E-state index contributed by atoms with van der Waals surface area (Å²) in [5.74, 6) is 1.59. The van der Waals surface area contributed by atoms with Crippen LogP contribution in [0.2, 0.25) is 0 Å². The van der Waals surface area contributed by atoms with Crippen molar-refractivity contribution in [3.8, 4) is 5.75 Å². The van der Waals surface area contributed by atoms with Gasteiger partial charge in [-0.25, -0.2) is 0 Å². The first-order valence-electron chi connectivity index (χ1n) is 7.58. The van der Waals surface area contributed by atoms with Crippen LogP contribution in [0.15, 0.2) is 24.3 Å². The van der Waals surface area contributed by atoms with Crippen LogP contribution in [0.4, 0.5) is 0 Å². The summed E-state index contributed by atoms with van der Waals surface area (Å²) in [6.07, 6.45) is 2.16. The molecule has 1 aliphatic rings. The van der Waals surface area contributed by atoms with Crippen LogP contribution < -0.4 is 10.1 Å². The van der Waals surface area contributed by atoms with Crippen molar-refractivity contribution in [2.24, 2.45) is 0 Å². The van der Waals surface area contributed by atoms with Crippen LogP contribution in [0.25, 0.3) is 0 Å². The molecule has 0 saturated heterocycles. The van der Waals surface area contributed by atoms with Gasteiger partial charge in [-0.05, 0) is 50.8 Å². The van der Waals surface area contributed by atoms with E-state index in [9.17, 15) is 0 Å². The highest BCUT2D eigenvalue weighted by molar-refractivity contribution is 5.37. The van der Waals surface area contributed by atoms with Gasteiger partial charge in [-0.1, -0.05) is 25.1 Å². The number of ether oxygens (including phenoxy) is 2. The van der Waals surface area contributed by atoms with Crippen molar-refractivity contribution < 1.29 is 9.47 Å². The van der Waals surface area contributed by atoms with Crippen molar-refractivity contribution in [1.29, 1.82) is 0 Å². The molecule has 0 saturated carbocycles. The quantitative estimate of drug-likeness (QED) is 0.865. The highest BCUT2D eigenvalue weighted by atomic mass is 16.5. The van der Waals surface area contributed by atoms with Crippen molar-refractivity contribution in [3.05, 3.63) is 29.8 Å². The first-order valence-corrected chi connectivity index (χ1v) is 7.58. The Hall–Kier alpha value is -1.06. The summed E-state index contributed by atoms with van der Waals surface area (Å²) in [7, 11) is 1.79. The minimum atomic E-state index is -0.163. The van der Waals surface area contributed by atoms with Gasteiger partial charge in [0.1, 0.15) is 5.75 Å². The minimum absolute atomic E-state index is 0.163. The molecule has 20 heavy (non-hydrogen) atoms. The Balaban J connectivity index is 2.16. The largest absolute Gasteiger partial charge is 0.493 e. The molecule has 1 heterocycles. The van der Waals surface area contributed by atoms with E-state index in [0.29, 0.717) is 12.0 Å². The molecule has 0 aromatic heterocycles. The number of hydrogen-bond acceptors (Lipinski definition) is 3. The smallest absolute Gasteiger partial charge is 0.122 e. The summed E-state index contributed by atoms with van der Waals surface area (Å²) in [4.78, 5) is 0. The second-order valence-electron chi connectivity index (χ2n) is 6.03. The van der Waals surface area contributed by atoms with Crippen LogP contribution in [0, 0.1) is 0 Å². The van der Waals surface area contributed by atoms with E-state index in [2.05, 4.69) is 44.3 Å². The molecule has 0 fully saturated rings. The number of hydrogen-bond donors (Lipinski definition) is 1. The van der Waals surface area contributed by atoms with Crippen molar-refractivity contribution in [3.63, 3.8) is 0 Å². The summed E-state index contributed by atoms with van der Waals surface area (Å²) in [6, 6.07) is 8.76. The van der Waals surface area contributed by atoms with E-state index >= 15 is 0 Å². The van der Waals surface area contributed by atoms with Gasteiger partial charge in [0.05, 0.1) is 12.2 Å². The second kappa shape index (κ2) is 6.59. The molecular formula is C17H27NO2. The topological polar surface area (TPSA) is 30.5 Å². The lowest BCUT2D eigenvalue weighted by Gasteiger charge is -2.37. The number of nitrogens with one attached hydrogen (secondary N) is 1. The standard InChI is InChI=1S/C17H27NO2/c1-5-18-16(17(2,3)19-4)12-13-10-11-20-15-9-7-6-8-14(13)15/h6-9,13,16,18H,5,10-12H2,1-4H3. The fraction of sp³-hybridized carbons (Fsp3) is 0.647. The van der Waals surface area contributed by atoms with Crippen LogP contribution >= 0.6 is 0 Å². The third kappa shape index (κ3) is 3.33. The molecule has 2 atom stereocenters. The predicted octanol–water partition coefficient (Wildman–Crippen LogP) is 3.35. The summed E-state index contributed by atoms with van der Waals surface area (Å²) in [5, 5.41) is 3.59. The van der Waals surface area contributed by atoms with Gasteiger partial charge in [0.25, 0.3) is 0 Å². The van der Waals surface area contributed by atoms with Gasteiger partial charge in [-0.15, -0.1) is 0 Å². The lowest BCUT2D eigenvalue weighted by molar-refractivity contribution is -0.0149. The lowest BCUT2D eigenvalue weighted by Crippen LogP contribution is -2.49. The van der Waals surface area contributed by atoms with E-state index in [0.717, 1.165) is 31.7 Å². The summed E-state index contributed by atoms with van der Waals surface area (Å²) in [6.45, 7) is 8.24. The zero-order valence-electron chi connectivity index (χ0n) is 13.1. The number of rotatable bonds is 6. The Morgan fingerprint density at radius 2 is 2.15 bits per heavy atom. The highest BCUT2D eigenvalue weighted by Crippen LogP contribution is 2.37. The number of benzene rings is 1. The highest BCUT2D eigenvalue weighted by Gasteiger charge is 2.33. The van der Waals surface area contributed by atoms with E-state index in [1.54, 1.807) is 7.11 Å². The Morgan fingerprint density at radius 1 is 1.40 bits per heavy atom. The zero-order chi connectivity index (χ0) is 14.6. The summed E-state index contributed by atoms with van der Waals surface area (Å²) < 4.78 is 11.4. The van der Waals surface area contributed by atoms with Crippen LogP contribution in [0.1, 0.15) is 45.1 Å². The van der Waals surface area contributed by atoms with E-state index in [4.69, 9.17) is 9.47 Å². The molecule has 2 unspecified atom stereocenters. The predicted molar refractivity (Wildman–Crippen MR) is 82.5 cm³/mol. The normalized spacial score (nSPS) is 20.1. The van der Waals surface area contributed by atoms with E-state index in [-0.39, 0.29) is 5.60 Å². The van der Waals surface area contributed by atoms with E-state index in [1.807, 2.05) is 6.07 Å². The first-order chi connectivity index (χ1) is 9.58. The fourth-order valence-electron chi connectivity index (χ4n) is 2.95. The number of likely N-dealkylation sites (N-methyl/N-ethyl adjacent to an activating group) is 1. The van der Waals surface area contributed by atoms with Gasteiger partial charge < -0.3 is 14.8 Å². The summed E-state index contributed by atoms with van der Waals surface area (Å²) in [5.41, 5.74) is 1.18.